The fraction of sp³-hybridized carbons (Fsp3) is 0.571. The first-order chi connectivity index (χ1) is 8.15. The lowest BCUT2D eigenvalue weighted by Gasteiger charge is -2.11. The van der Waals surface area contributed by atoms with Crippen LogP contribution < -0.4 is 0 Å². The van der Waals surface area contributed by atoms with E-state index in [4.69, 9.17) is 0 Å². The smallest absolute Gasteiger partial charge is 0.131 e. The molecule has 0 saturated heterocycles. The molecule has 0 heterocycles. The summed E-state index contributed by atoms with van der Waals surface area (Å²) in [5.41, 5.74) is 0.196. The van der Waals surface area contributed by atoms with Crippen molar-refractivity contribution in [2.45, 2.75) is 51.6 Å². The molecule has 3 heteroatoms. The standard InChI is InChI=1S/C14H20F2O/c1-2-3-4-5-6-7-14(17)12-9-8-11(15)10-13(12)16/h8-10,14,17H,2-7H2,1H3. The first-order valence-electron chi connectivity index (χ1n) is 6.28. The molecule has 0 aliphatic heterocycles. The third-order valence-electron chi connectivity index (χ3n) is 2.90. The van der Waals surface area contributed by atoms with Crippen LogP contribution in [0.15, 0.2) is 18.2 Å². The molecule has 0 fully saturated rings. The molecule has 1 atom stereocenters. The van der Waals surface area contributed by atoms with Crippen molar-refractivity contribution in [3.8, 4) is 0 Å². The molecule has 0 aliphatic carbocycles. The van der Waals surface area contributed by atoms with Crippen LogP contribution in [0.5, 0.6) is 0 Å². The second-order valence-electron chi connectivity index (χ2n) is 4.38. The Kier molecular flexibility index (Phi) is 6.12. The molecule has 1 rings (SSSR count). The summed E-state index contributed by atoms with van der Waals surface area (Å²) in [7, 11) is 0. The summed E-state index contributed by atoms with van der Waals surface area (Å²) in [6.07, 6.45) is 5.15. The average molecular weight is 242 g/mol. The number of unbranched alkanes of at least 4 members (excludes halogenated alkanes) is 4. The Hall–Kier alpha value is -0.960. The first kappa shape index (κ1) is 14.1. The predicted octanol–water partition coefficient (Wildman–Crippen LogP) is 4.36. The maximum absolute atomic E-state index is 13.3. The van der Waals surface area contributed by atoms with E-state index in [0.717, 1.165) is 25.3 Å². The van der Waals surface area contributed by atoms with Gasteiger partial charge in [-0.25, -0.2) is 8.78 Å². The van der Waals surface area contributed by atoms with Crippen molar-refractivity contribution >= 4 is 0 Å². The molecule has 0 bridgehead atoms. The van der Waals surface area contributed by atoms with Gasteiger partial charge in [0.1, 0.15) is 11.6 Å². The minimum absolute atomic E-state index is 0.196. The van der Waals surface area contributed by atoms with Gasteiger partial charge in [-0.2, -0.15) is 0 Å². The van der Waals surface area contributed by atoms with Crippen molar-refractivity contribution in [2.75, 3.05) is 0 Å². The number of halogens is 2. The highest BCUT2D eigenvalue weighted by Crippen LogP contribution is 2.23. The maximum atomic E-state index is 13.3. The van der Waals surface area contributed by atoms with Gasteiger partial charge in [0.25, 0.3) is 0 Å². The summed E-state index contributed by atoms with van der Waals surface area (Å²) < 4.78 is 26.0. The average Bonchev–Trinajstić information content (AvgIpc) is 2.28. The summed E-state index contributed by atoms with van der Waals surface area (Å²) >= 11 is 0. The normalized spacial score (nSPS) is 12.7. The maximum Gasteiger partial charge on any atom is 0.131 e. The number of benzene rings is 1. The van der Waals surface area contributed by atoms with Gasteiger partial charge in [-0.05, 0) is 12.5 Å². The van der Waals surface area contributed by atoms with Crippen molar-refractivity contribution in [1.82, 2.24) is 0 Å². The third kappa shape index (κ3) is 4.82. The van der Waals surface area contributed by atoms with Crippen LogP contribution in [0.1, 0.15) is 57.1 Å². The number of hydrogen-bond acceptors (Lipinski definition) is 1. The summed E-state index contributed by atoms with van der Waals surface area (Å²) in [5, 5.41) is 9.79. The number of rotatable bonds is 7. The SMILES string of the molecule is CCCCCCCC(O)c1ccc(F)cc1F. The zero-order valence-corrected chi connectivity index (χ0v) is 10.3. The Morgan fingerprint density at radius 3 is 2.47 bits per heavy atom. The van der Waals surface area contributed by atoms with Gasteiger partial charge in [-0.15, -0.1) is 0 Å². The molecular weight excluding hydrogens is 222 g/mol. The molecular formula is C14H20F2O. The van der Waals surface area contributed by atoms with E-state index in [2.05, 4.69) is 6.92 Å². The van der Waals surface area contributed by atoms with Gasteiger partial charge in [0, 0.05) is 11.6 Å². The van der Waals surface area contributed by atoms with Crippen LogP contribution in [0.2, 0.25) is 0 Å². The van der Waals surface area contributed by atoms with Crippen molar-refractivity contribution in [1.29, 1.82) is 0 Å². The molecule has 0 spiro atoms. The molecule has 0 aromatic heterocycles. The zero-order chi connectivity index (χ0) is 12.7. The number of hydrogen-bond donors (Lipinski definition) is 1. The predicted molar refractivity (Wildman–Crippen MR) is 64.7 cm³/mol. The van der Waals surface area contributed by atoms with Crippen LogP contribution in [-0.4, -0.2) is 5.11 Å². The van der Waals surface area contributed by atoms with E-state index >= 15 is 0 Å². The van der Waals surface area contributed by atoms with Crippen LogP contribution in [-0.2, 0) is 0 Å². The fourth-order valence-electron chi connectivity index (χ4n) is 1.87. The minimum Gasteiger partial charge on any atom is -0.388 e. The Balaban J connectivity index is 2.38. The van der Waals surface area contributed by atoms with E-state index in [0.29, 0.717) is 6.42 Å². The van der Waals surface area contributed by atoms with E-state index in [-0.39, 0.29) is 5.56 Å². The quantitative estimate of drug-likeness (QED) is 0.704. The Bertz CT molecular complexity index is 339. The van der Waals surface area contributed by atoms with Gasteiger partial charge in [0.2, 0.25) is 0 Å². The molecule has 0 radical (unpaired) electrons. The van der Waals surface area contributed by atoms with Gasteiger partial charge < -0.3 is 5.11 Å². The summed E-state index contributed by atoms with van der Waals surface area (Å²) in [4.78, 5) is 0. The molecule has 1 aromatic rings. The van der Waals surface area contributed by atoms with Crippen LogP contribution in [0.4, 0.5) is 8.78 Å². The van der Waals surface area contributed by atoms with Gasteiger partial charge in [0.05, 0.1) is 6.10 Å². The lowest BCUT2D eigenvalue weighted by Crippen LogP contribution is -2.01. The topological polar surface area (TPSA) is 20.2 Å². The highest BCUT2D eigenvalue weighted by molar-refractivity contribution is 5.20. The van der Waals surface area contributed by atoms with Crippen LogP contribution in [0.25, 0.3) is 0 Å². The second kappa shape index (κ2) is 7.38. The Morgan fingerprint density at radius 1 is 1.12 bits per heavy atom. The largest absolute Gasteiger partial charge is 0.388 e. The zero-order valence-electron chi connectivity index (χ0n) is 10.3. The molecule has 96 valence electrons. The number of aliphatic hydroxyl groups is 1. The molecule has 1 aromatic carbocycles. The summed E-state index contributed by atoms with van der Waals surface area (Å²) in [5.74, 6) is -1.27. The van der Waals surface area contributed by atoms with Gasteiger partial charge >= 0.3 is 0 Å². The Labute approximate surface area is 101 Å². The molecule has 0 saturated carbocycles. The lowest BCUT2D eigenvalue weighted by atomic mass is 10.0. The van der Waals surface area contributed by atoms with Crippen LogP contribution in [0, 0.1) is 11.6 Å². The lowest BCUT2D eigenvalue weighted by molar-refractivity contribution is 0.158. The monoisotopic (exact) mass is 242 g/mol. The van der Waals surface area contributed by atoms with Crippen molar-refractivity contribution < 1.29 is 13.9 Å². The first-order valence-corrected chi connectivity index (χ1v) is 6.28. The van der Waals surface area contributed by atoms with Gasteiger partial charge in [0.15, 0.2) is 0 Å². The molecule has 1 nitrogen and oxygen atoms in total. The highest BCUT2D eigenvalue weighted by atomic mass is 19.1. The van der Waals surface area contributed by atoms with Crippen molar-refractivity contribution in [3.63, 3.8) is 0 Å². The van der Waals surface area contributed by atoms with Gasteiger partial charge in [-0.1, -0.05) is 45.1 Å². The summed E-state index contributed by atoms with van der Waals surface area (Å²) in [6, 6.07) is 3.32. The Morgan fingerprint density at radius 2 is 1.82 bits per heavy atom. The van der Waals surface area contributed by atoms with E-state index in [1.807, 2.05) is 0 Å². The van der Waals surface area contributed by atoms with E-state index in [1.54, 1.807) is 0 Å². The summed E-state index contributed by atoms with van der Waals surface area (Å²) in [6.45, 7) is 2.14. The third-order valence-corrected chi connectivity index (χ3v) is 2.90. The second-order valence-corrected chi connectivity index (χ2v) is 4.38. The van der Waals surface area contributed by atoms with E-state index in [1.165, 1.54) is 25.0 Å². The molecule has 0 amide bonds. The van der Waals surface area contributed by atoms with E-state index < -0.39 is 17.7 Å². The van der Waals surface area contributed by atoms with Crippen molar-refractivity contribution in [3.05, 3.63) is 35.4 Å². The molecule has 1 unspecified atom stereocenters. The van der Waals surface area contributed by atoms with Crippen molar-refractivity contribution in [2.24, 2.45) is 0 Å². The minimum atomic E-state index is -0.822. The van der Waals surface area contributed by atoms with Gasteiger partial charge in [-0.3, -0.25) is 0 Å². The molecule has 0 aliphatic rings. The number of aliphatic hydroxyl groups excluding tert-OH is 1. The highest BCUT2D eigenvalue weighted by Gasteiger charge is 2.12. The molecule has 1 N–H and O–H groups in total. The van der Waals surface area contributed by atoms with Crippen LogP contribution >= 0.6 is 0 Å². The van der Waals surface area contributed by atoms with E-state index in [9.17, 15) is 13.9 Å². The fourth-order valence-corrected chi connectivity index (χ4v) is 1.87. The van der Waals surface area contributed by atoms with Crippen LogP contribution in [0.3, 0.4) is 0 Å². The molecule has 17 heavy (non-hydrogen) atoms.